The summed E-state index contributed by atoms with van der Waals surface area (Å²) in [5.41, 5.74) is 1.43. The topological polar surface area (TPSA) is 26.3 Å². The predicted molar refractivity (Wildman–Crippen MR) is 91.8 cm³/mol. The van der Waals surface area contributed by atoms with Gasteiger partial charge >= 0.3 is 6.18 Å². The molecular formula is C19H25F3O2. The average Bonchev–Trinajstić information content (AvgIpc) is 2.75. The molecule has 134 valence electrons. The first kappa shape index (κ1) is 21.9. The number of halogens is 3. The monoisotopic (exact) mass is 342 g/mol. The van der Waals surface area contributed by atoms with Crippen LogP contribution in [0, 0.1) is 19.3 Å². The largest absolute Gasteiger partial charge is 0.416 e. The van der Waals surface area contributed by atoms with Gasteiger partial charge in [0, 0.05) is 13.6 Å². The highest BCUT2D eigenvalue weighted by Crippen LogP contribution is 2.30. The lowest BCUT2D eigenvalue weighted by Crippen LogP contribution is -2.05. The number of rotatable bonds is 0. The molecule has 2 rings (SSSR count). The van der Waals surface area contributed by atoms with Crippen LogP contribution in [0.4, 0.5) is 13.2 Å². The zero-order valence-corrected chi connectivity index (χ0v) is 14.1. The molecule has 1 saturated heterocycles. The summed E-state index contributed by atoms with van der Waals surface area (Å²) in [6.07, 6.45) is 4.84. The van der Waals surface area contributed by atoms with Crippen LogP contribution in [0.25, 0.3) is 0 Å². The fourth-order valence-electron chi connectivity index (χ4n) is 1.90. The maximum absolute atomic E-state index is 12.2. The summed E-state index contributed by atoms with van der Waals surface area (Å²) in [7, 11) is 0. The number of aryl methyl sites for hydroxylation is 1. The van der Waals surface area contributed by atoms with E-state index in [-0.39, 0.29) is 6.99 Å². The Morgan fingerprint density at radius 3 is 2.46 bits per heavy atom. The minimum absolute atomic E-state index is 0. The fraction of sp³-hybridized carbons (Fsp3) is 0.421. The van der Waals surface area contributed by atoms with Crippen LogP contribution in [-0.2, 0) is 15.7 Å². The van der Waals surface area contributed by atoms with E-state index in [0.717, 1.165) is 38.1 Å². The van der Waals surface area contributed by atoms with Gasteiger partial charge in [0.15, 0.2) is 0 Å². The van der Waals surface area contributed by atoms with Gasteiger partial charge in [-0.15, -0.1) is 6.42 Å². The minimum atomic E-state index is -4.32. The van der Waals surface area contributed by atoms with Gasteiger partial charge in [-0.3, -0.25) is 0 Å². The van der Waals surface area contributed by atoms with Crippen LogP contribution in [0.3, 0.4) is 0 Å². The molecule has 1 aromatic rings. The fourth-order valence-corrected chi connectivity index (χ4v) is 1.90. The predicted octanol–water partition coefficient (Wildman–Crippen LogP) is 5.19. The third-order valence-corrected chi connectivity index (χ3v) is 2.99. The Balaban J connectivity index is 0. The third-order valence-electron chi connectivity index (χ3n) is 2.99. The van der Waals surface area contributed by atoms with E-state index < -0.39 is 11.7 Å². The Kier molecular flexibility index (Phi) is 10.5. The lowest BCUT2D eigenvalue weighted by Gasteiger charge is -2.07. The van der Waals surface area contributed by atoms with Crippen molar-refractivity contribution < 1.29 is 24.1 Å². The minimum Gasteiger partial charge on any atom is -0.381 e. The number of alkyl halides is 3. The van der Waals surface area contributed by atoms with Crippen molar-refractivity contribution in [1.29, 1.82) is 0 Å². The van der Waals surface area contributed by atoms with E-state index >= 15 is 0 Å². The van der Waals surface area contributed by atoms with Gasteiger partial charge in [-0.1, -0.05) is 18.1 Å². The highest BCUT2D eigenvalue weighted by Gasteiger charge is 2.30. The summed E-state index contributed by atoms with van der Waals surface area (Å²) in [6.45, 7) is 8.74. The molecule has 24 heavy (non-hydrogen) atoms. The van der Waals surface area contributed by atoms with E-state index in [1.54, 1.807) is 6.92 Å². The molecule has 0 radical (unpaired) electrons. The van der Waals surface area contributed by atoms with Crippen LogP contribution in [-0.4, -0.2) is 19.5 Å². The normalized spacial score (nSPS) is 14.1. The Morgan fingerprint density at radius 2 is 1.92 bits per heavy atom. The zero-order chi connectivity index (χ0) is 18.6. The molecule has 0 unspecified atom stereocenters. The van der Waals surface area contributed by atoms with E-state index in [1.165, 1.54) is 31.4 Å². The van der Waals surface area contributed by atoms with Crippen molar-refractivity contribution in [2.24, 2.45) is 0 Å². The van der Waals surface area contributed by atoms with E-state index in [0.29, 0.717) is 5.56 Å². The Bertz CT molecular complexity index is 565. The van der Waals surface area contributed by atoms with Crippen molar-refractivity contribution in [2.45, 2.75) is 39.3 Å². The number of carbonyl (C=O) groups excluding carboxylic acids is 1. The Morgan fingerprint density at radius 1 is 1.29 bits per heavy atom. The summed E-state index contributed by atoms with van der Waals surface area (Å²) in [4.78, 5) is 8.81. The van der Waals surface area contributed by atoms with Crippen molar-refractivity contribution in [3.05, 3.63) is 47.0 Å². The molecule has 1 heterocycles. The molecule has 5 heteroatoms. The molecular weight excluding hydrogens is 317 g/mol. The van der Waals surface area contributed by atoms with Crippen LogP contribution in [0.1, 0.15) is 44.3 Å². The number of aldehydes is 1. The molecule has 1 aliphatic heterocycles. The molecule has 0 N–H and O–H groups in total. The zero-order valence-electron chi connectivity index (χ0n) is 14.1. The van der Waals surface area contributed by atoms with E-state index in [4.69, 9.17) is 16.0 Å². The maximum atomic E-state index is 12.2. The third kappa shape index (κ3) is 9.86. The molecule has 2 nitrogen and oxygen atoms in total. The SMILES string of the molecule is C#Cc1cc(C)cc(C(F)(F)F)c1.C=C1CCCOCC1.CC=O.[HH]. The average molecular weight is 342 g/mol. The second-order valence-electron chi connectivity index (χ2n) is 5.18. The maximum Gasteiger partial charge on any atom is 0.416 e. The van der Waals surface area contributed by atoms with E-state index in [2.05, 4.69) is 12.5 Å². The van der Waals surface area contributed by atoms with Crippen molar-refractivity contribution in [3.8, 4) is 12.3 Å². The van der Waals surface area contributed by atoms with Gasteiger partial charge in [0.05, 0.1) is 12.2 Å². The number of terminal acetylenes is 1. The Hall–Kier alpha value is -2.06. The molecule has 0 aliphatic carbocycles. The molecule has 1 fully saturated rings. The van der Waals surface area contributed by atoms with Crippen LogP contribution in [0.5, 0.6) is 0 Å². The first-order valence-electron chi connectivity index (χ1n) is 7.54. The van der Waals surface area contributed by atoms with Crippen LogP contribution >= 0.6 is 0 Å². The highest BCUT2D eigenvalue weighted by atomic mass is 19.4. The first-order chi connectivity index (χ1) is 11.2. The van der Waals surface area contributed by atoms with Gasteiger partial charge in [0.1, 0.15) is 6.29 Å². The molecule has 0 aromatic heterocycles. The highest BCUT2D eigenvalue weighted by molar-refractivity contribution is 5.44. The van der Waals surface area contributed by atoms with Crippen molar-refractivity contribution >= 4 is 6.29 Å². The van der Waals surface area contributed by atoms with Crippen molar-refractivity contribution in [2.75, 3.05) is 13.2 Å². The number of hydrogen-bond donors (Lipinski definition) is 0. The van der Waals surface area contributed by atoms with Crippen molar-refractivity contribution in [3.63, 3.8) is 0 Å². The number of carbonyl (C=O) groups is 1. The molecule has 0 spiro atoms. The standard InChI is InChI=1S/C10H7F3.C7H12O.C2H4O.H2/c1-3-8-4-7(2)5-9(6-8)10(11,12)13;1-7-3-2-5-8-6-4-7;1-2-3;/h1,4-6H,2H3;1-6H2;2H,1H3;1H. The second kappa shape index (κ2) is 11.5. The summed E-state index contributed by atoms with van der Waals surface area (Å²) < 4.78 is 41.9. The number of ether oxygens (including phenoxy) is 1. The molecule has 1 aliphatic rings. The van der Waals surface area contributed by atoms with Crippen LogP contribution < -0.4 is 0 Å². The van der Waals surface area contributed by atoms with Gasteiger partial charge in [-0.2, -0.15) is 13.2 Å². The number of hydrogen-bond acceptors (Lipinski definition) is 2. The summed E-state index contributed by atoms with van der Waals surface area (Å²) in [5.74, 6) is 2.18. The van der Waals surface area contributed by atoms with Gasteiger partial charge < -0.3 is 9.53 Å². The quantitative estimate of drug-likeness (QED) is 0.368. The lowest BCUT2D eigenvalue weighted by atomic mass is 10.1. The summed E-state index contributed by atoms with van der Waals surface area (Å²) >= 11 is 0. The molecule has 0 atom stereocenters. The van der Waals surface area contributed by atoms with E-state index in [9.17, 15) is 13.2 Å². The van der Waals surface area contributed by atoms with Crippen LogP contribution in [0.2, 0.25) is 0 Å². The van der Waals surface area contributed by atoms with Gasteiger partial charge in [0.25, 0.3) is 0 Å². The van der Waals surface area contributed by atoms with E-state index in [1.807, 2.05) is 0 Å². The summed E-state index contributed by atoms with van der Waals surface area (Å²) in [6, 6.07) is 3.57. The lowest BCUT2D eigenvalue weighted by molar-refractivity contribution is -0.137. The summed E-state index contributed by atoms with van der Waals surface area (Å²) in [5, 5.41) is 0. The van der Waals surface area contributed by atoms with Gasteiger partial charge in [-0.25, -0.2) is 0 Å². The smallest absolute Gasteiger partial charge is 0.381 e. The first-order valence-corrected chi connectivity index (χ1v) is 7.54. The molecule has 0 amide bonds. The van der Waals surface area contributed by atoms with Gasteiger partial charge in [-0.05, 0) is 56.9 Å². The van der Waals surface area contributed by atoms with Crippen LogP contribution in [0.15, 0.2) is 30.4 Å². The molecule has 1 aromatic carbocycles. The second-order valence-corrected chi connectivity index (χ2v) is 5.18. The van der Waals surface area contributed by atoms with Crippen molar-refractivity contribution in [1.82, 2.24) is 0 Å². The number of benzene rings is 1. The molecule has 0 saturated carbocycles. The van der Waals surface area contributed by atoms with Gasteiger partial charge in [0.2, 0.25) is 0 Å². The Labute approximate surface area is 143 Å². The molecule has 0 bridgehead atoms.